The molecule has 2 aromatic rings. The van der Waals surface area contributed by atoms with Gasteiger partial charge in [0.2, 0.25) is 0 Å². The molecule has 16 heavy (non-hydrogen) atoms. The summed E-state index contributed by atoms with van der Waals surface area (Å²) in [4.78, 5) is 7.33. The zero-order valence-electron chi connectivity index (χ0n) is 8.63. The van der Waals surface area contributed by atoms with Crippen LogP contribution in [-0.4, -0.2) is 20.2 Å². The normalized spacial score (nSPS) is 9.12. The molecule has 2 N–H and O–H groups in total. The van der Waals surface area contributed by atoms with Crippen molar-refractivity contribution in [3.8, 4) is 11.5 Å². The Morgan fingerprint density at radius 3 is 2.38 bits per heavy atom. The quantitative estimate of drug-likeness (QED) is 0.693. The highest BCUT2D eigenvalue weighted by atomic mass is 35.5. The summed E-state index contributed by atoms with van der Waals surface area (Å²) in [5.74, 6) is 0.249. The number of halogens is 1. The number of hydrogen-bond acceptors (Lipinski definition) is 4. The maximum Gasteiger partial charge on any atom is 0.170 e. The van der Waals surface area contributed by atoms with E-state index < -0.39 is 0 Å². The Bertz CT molecular complexity index is 449. The van der Waals surface area contributed by atoms with Crippen molar-refractivity contribution in [2.45, 2.75) is 6.92 Å². The van der Waals surface area contributed by atoms with Gasteiger partial charge in [-0.1, -0.05) is 11.6 Å². The van der Waals surface area contributed by atoms with Gasteiger partial charge in [-0.15, -0.1) is 0 Å². The number of rotatable bonds is 0. The summed E-state index contributed by atoms with van der Waals surface area (Å²) < 4.78 is 0. The highest BCUT2D eigenvalue weighted by Gasteiger charge is 1.96. The second-order valence-corrected chi connectivity index (χ2v) is 3.39. The topological polar surface area (TPSA) is 66.2 Å². The maximum absolute atomic E-state index is 8.91. The smallest absolute Gasteiger partial charge is 0.170 e. The molecule has 0 saturated carbocycles. The number of aromatic hydroxyl groups is 2. The van der Waals surface area contributed by atoms with E-state index in [1.807, 2.05) is 6.92 Å². The van der Waals surface area contributed by atoms with Crippen LogP contribution in [0, 0.1) is 6.92 Å². The predicted molar refractivity (Wildman–Crippen MR) is 61.6 cm³/mol. The van der Waals surface area contributed by atoms with Gasteiger partial charge in [-0.05, 0) is 30.7 Å². The summed E-state index contributed by atoms with van der Waals surface area (Å²) in [5, 5.41) is 17.6. The average Bonchev–Trinajstić information content (AvgIpc) is 2.26. The van der Waals surface area contributed by atoms with Crippen LogP contribution >= 0.6 is 11.6 Å². The van der Waals surface area contributed by atoms with E-state index in [0.717, 1.165) is 5.56 Å². The van der Waals surface area contributed by atoms with Crippen LogP contribution in [-0.2, 0) is 0 Å². The Morgan fingerprint density at radius 1 is 1.25 bits per heavy atom. The molecule has 0 aliphatic carbocycles. The molecule has 2 heterocycles. The van der Waals surface area contributed by atoms with Gasteiger partial charge in [0, 0.05) is 12.4 Å². The van der Waals surface area contributed by atoms with E-state index in [9.17, 15) is 0 Å². The highest BCUT2D eigenvalue weighted by Crippen LogP contribution is 2.19. The molecule has 0 atom stereocenters. The molecule has 0 saturated heterocycles. The molecule has 0 bridgehead atoms. The lowest BCUT2D eigenvalue weighted by Gasteiger charge is -1.94. The predicted octanol–water partition coefficient (Wildman–Crippen LogP) is 2.54. The summed E-state index contributed by atoms with van der Waals surface area (Å²) >= 11 is 5.42. The number of aromatic nitrogens is 2. The molecule has 84 valence electrons. The van der Waals surface area contributed by atoms with Gasteiger partial charge in [0.15, 0.2) is 10.9 Å². The van der Waals surface area contributed by atoms with Crippen molar-refractivity contribution in [3.05, 3.63) is 47.5 Å². The first-order chi connectivity index (χ1) is 7.59. The molecule has 0 aromatic carbocycles. The van der Waals surface area contributed by atoms with E-state index in [1.165, 1.54) is 6.20 Å². The van der Waals surface area contributed by atoms with Crippen molar-refractivity contribution in [3.63, 3.8) is 0 Å². The van der Waals surface area contributed by atoms with Gasteiger partial charge in [-0.25, -0.2) is 4.98 Å². The van der Waals surface area contributed by atoms with Crippen LogP contribution in [0.2, 0.25) is 5.15 Å². The van der Waals surface area contributed by atoms with Crippen molar-refractivity contribution in [1.82, 2.24) is 9.97 Å². The van der Waals surface area contributed by atoms with Crippen LogP contribution in [0.1, 0.15) is 5.56 Å². The molecule has 0 spiro atoms. The Kier molecular flexibility index (Phi) is 4.54. The lowest BCUT2D eigenvalue weighted by molar-refractivity contribution is 0.472. The van der Waals surface area contributed by atoms with E-state index in [1.54, 1.807) is 30.6 Å². The molecule has 0 aliphatic rings. The van der Waals surface area contributed by atoms with Gasteiger partial charge < -0.3 is 10.2 Å². The highest BCUT2D eigenvalue weighted by molar-refractivity contribution is 6.30. The molecule has 4 nitrogen and oxygen atoms in total. The first kappa shape index (κ1) is 12.3. The zero-order valence-corrected chi connectivity index (χ0v) is 9.39. The van der Waals surface area contributed by atoms with Crippen LogP contribution in [0.25, 0.3) is 0 Å². The Hall–Kier alpha value is -1.81. The zero-order chi connectivity index (χ0) is 12.0. The molecule has 0 amide bonds. The Balaban J connectivity index is 0.000000165. The fraction of sp³-hybridized carbons (Fsp3) is 0.0909. The van der Waals surface area contributed by atoms with Gasteiger partial charge in [0.05, 0.1) is 6.20 Å². The first-order valence-electron chi connectivity index (χ1n) is 4.49. The molecule has 5 heteroatoms. The van der Waals surface area contributed by atoms with Gasteiger partial charge in [0.25, 0.3) is 0 Å². The third-order valence-electron chi connectivity index (χ3n) is 1.60. The van der Waals surface area contributed by atoms with Crippen molar-refractivity contribution < 1.29 is 10.2 Å². The molecule has 0 fully saturated rings. The number of pyridine rings is 2. The number of hydrogen-bond donors (Lipinski definition) is 2. The third kappa shape index (κ3) is 4.14. The van der Waals surface area contributed by atoms with E-state index in [0.29, 0.717) is 0 Å². The monoisotopic (exact) mass is 238 g/mol. The fourth-order valence-corrected chi connectivity index (χ4v) is 0.994. The minimum absolute atomic E-state index is 0.0386. The second-order valence-electron chi connectivity index (χ2n) is 3.03. The molecular weight excluding hydrogens is 228 g/mol. The molecule has 0 unspecified atom stereocenters. The van der Waals surface area contributed by atoms with Gasteiger partial charge in [-0.3, -0.25) is 4.98 Å². The van der Waals surface area contributed by atoms with E-state index in [4.69, 9.17) is 21.8 Å². The summed E-state index contributed by atoms with van der Waals surface area (Å²) in [5.41, 5.74) is 0.900. The molecule has 0 radical (unpaired) electrons. The minimum Gasteiger partial charge on any atom is -0.506 e. The average molecular weight is 239 g/mol. The number of nitrogens with zero attached hydrogens (tertiary/aromatic N) is 2. The van der Waals surface area contributed by atoms with Crippen molar-refractivity contribution in [2.24, 2.45) is 0 Å². The molecule has 2 rings (SSSR count). The lowest BCUT2D eigenvalue weighted by atomic mass is 10.3. The largest absolute Gasteiger partial charge is 0.506 e. The van der Waals surface area contributed by atoms with Gasteiger partial charge in [0.1, 0.15) is 5.75 Å². The van der Waals surface area contributed by atoms with E-state index >= 15 is 0 Å². The first-order valence-corrected chi connectivity index (χ1v) is 4.87. The fourth-order valence-electron chi connectivity index (χ4n) is 0.891. The van der Waals surface area contributed by atoms with Gasteiger partial charge in [-0.2, -0.15) is 0 Å². The van der Waals surface area contributed by atoms with Crippen LogP contribution in [0.15, 0.2) is 36.8 Å². The van der Waals surface area contributed by atoms with E-state index in [2.05, 4.69) is 9.97 Å². The summed E-state index contributed by atoms with van der Waals surface area (Å²) in [7, 11) is 0. The summed E-state index contributed by atoms with van der Waals surface area (Å²) in [6.45, 7) is 1.84. The van der Waals surface area contributed by atoms with Crippen LogP contribution in [0.4, 0.5) is 0 Å². The van der Waals surface area contributed by atoms with Crippen LogP contribution < -0.4 is 0 Å². The third-order valence-corrected chi connectivity index (χ3v) is 1.89. The van der Waals surface area contributed by atoms with Crippen molar-refractivity contribution >= 4 is 11.6 Å². The minimum atomic E-state index is 0.0386. The van der Waals surface area contributed by atoms with Crippen LogP contribution in [0.3, 0.4) is 0 Å². The molecule has 0 aliphatic heterocycles. The molecular formula is C11H11ClN2O2. The van der Waals surface area contributed by atoms with Gasteiger partial charge >= 0.3 is 0 Å². The summed E-state index contributed by atoms with van der Waals surface area (Å²) in [6, 6.07) is 4.82. The van der Waals surface area contributed by atoms with E-state index in [-0.39, 0.29) is 16.7 Å². The lowest BCUT2D eigenvalue weighted by Crippen LogP contribution is -1.77. The Labute approximate surface area is 98.2 Å². The molecule has 2 aromatic heterocycles. The summed E-state index contributed by atoms with van der Waals surface area (Å²) in [6.07, 6.45) is 4.60. The SMILES string of the molecule is Cc1cnc(Cl)c(O)c1.Oc1cccnc1. The standard InChI is InChI=1S/C6H6ClNO.C5H5NO/c1-4-2-5(9)6(7)8-3-4;7-5-2-1-3-6-4-5/h2-3,9H,1H3;1-4,7H. The number of aryl methyl sites for hydroxylation is 1. The second kappa shape index (κ2) is 5.92. The van der Waals surface area contributed by atoms with Crippen molar-refractivity contribution in [1.29, 1.82) is 0 Å². The van der Waals surface area contributed by atoms with Crippen molar-refractivity contribution in [2.75, 3.05) is 0 Å². The Morgan fingerprint density at radius 2 is 2.00 bits per heavy atom. The maximum atomic E-state index is 8.91. The van der Waals surface area contributed by atoms with Crippen LogP contribution in [0.5, 0.6) is 11.5 Å².